The highest BCUT2D eigenvalue weighted by atomic mass is 16.5. The maximum atomic E-state index is 5.93. The van der Waals surface area contributed by atoms with Crippen LogP contribution >= 0.6 is 0 Å². The maximum Gasteiger partial charge on any atom is 0.120 e. The Bertz CT molecular complexity index is 604. The van der Waals surface area contributed by atoms with Crippen molar-refractivity contribution in [3.8, 4) is 5.75 Å². The van der Waals surface area contributed by atoms with Crippen LogP contribution in [0.3, 0.4) is 0 Å². The zero-order chi connectivity index (χ0) is 14.7. The first kappa shape index (κ1) is 14.2. The molecule has 1 saturated carbocycles. The second kappa shape index (κ2) is 6.31. The van der Waals surface area contributed by atoms with Gasteiger partial charge in [-0.15, -0.1) is 0 Å². The largest absolute Gasteiger partial charge is 0.490 e. The van der Waals surface area contributed by atoms with E-state index in [1.54, 1.807) is 0 Å². The van der Waals surface area contributed by atoms with Crippen LogP contribution in [0.4, 0.5) is 0 Å². The third kappa shape index (κ3) is 3.45. The van der Waals surface area contributed by atoms with Crippen LogP contribution in [0.2, 0.25) is 0 Å². The van der Waals surface area contributed by atoms with Crippen LogP contribution in [0.25, 0.3) is 0 Å². The zero-order valence-corrected chi connectivity index (χ0v) is 12.8. The Morgan fingerprint density at radius 3 is 2.67 bits per heavy atom. The predicted molar refractivity (Wildman–Crippen MR) is 86.8 cm³/mol. The van der Waals surface area contributed by atoms with Crippen LogP contribution in [0, 0.1) is 6.92 Å². The van der Waals surface area contributed by atoms with E-state index in [9.17, 15) is 0 Å². The van der Waals surface area contributed by atoms with E-state index in [0.717, 1.165) is 12.3 Å². The Hall–Kier alpha value is -1.80. The van der Waals surface area contributed by atoms with E-state index in [-0.39, 0.29) is 6.04 Å². The van der Waals surface area contributed by atoms with Crippen molar-refractivity contribution in [2.45, 2.75) is 38.8 Å². The molecule has 0 amide bonds. The molecule has 0 spiro atoms. The second-order valence-electron chi connectivity index (χ2n) is 5.74. The molecule has 0 radical (unpaired) electrons. The second-order valence-corrected chi connectivity index (χ2v) is 5.74. The van der Waals surface area contributed by atoms with Gasteiger partial charge in [0.15, 0.2) is 0 Å². The van der Waals surface area contributed by atoms with Crippen molar-refractivity contribution in [2.75, 3.05) is 6.54 Å². The van der Waals surface area contributed by atoms with Gasteiger partial charge >= 0.3 is 0 Å². The first-order valence-electron chi connectivity index (χ1n) is 7.83. The molecule has 21 heavy (non-hydrogen) atoms. The van der Waals surface area contributed by atoms with Gasteiger partial charge in [-0.3, -0.25) is 0 Å². The first-order chi connectivity index (χ1) is 10.3. The van der Waals surface area contributed by atoms with E-state index in [2.05, 4.69) is 67.7 Å². The summed E-state index contributed by atoms with van der Waals surface area (Å²) in [6.45, 7) is 5.26. The zero-order valence-electron chi connectivity index (χ0n) is 12.8. The molecule has 0 heterocycles. The summed E-state index contributed by atoms with van der Waals surface area (Å²) >= 11 is 0. The molecule has 1 aliphatic carbocycles. The number of hydrogen-bond acceptors (Lipinski definition) is 2. The number of aryl methyl sites for hydroxylation is 1. The lowest BCUT2D eigenvalue weighted by Crippen LogP contribution is -2.22. The molecule has 3 rings (SSSR count). The smallest absolute Gasteiger partial charge is 0.120 e. The van der Waals surface area contributed by atoms with E-state index in [1.807, 2.05) is 0 Å². The van der Waals surface area contributed by atoms with Gasteiger partial charge in [-0.05, 0) is 55.1 Å². The van der Waals surface area contributed by atoms with Crippen molar-refractivity contribution < 1.29 is 4.74 Å². The molecule has 110 valence electrons. The fraction of sp³-hybridized carbons (Fsp3) is 0.368. The van der Waals surface area contributed by atoms with Crippen molar-refractivity contribution >= 4 is 0 Å². The lowest BCUT2D eigenvalue weighted by Gasteiger charge is -2.21. The SMILES string of the molecule is CCNC(c1cccc(OC2CC2)c1)c1ccccc1C. The van der Waals surface area contributed by atoms with Gasteiger partial charge in [0.2, 0.25) is 0 Å². The van der Waals surface area contributed by atoms with Crippen molar-refractivity contribution in [3.05, 3.63) is 65.2 Å². The Morgan fingerprint density at radius 2 is 1.95 bits per heavy atom. The van der Waals surface area contributed by atoms with Gasteiger partial charge in [-0.25, -0.2) is 0 Å². The van der Waals surface area contributed by atoms with Crippen molar-refractivity contribution in [2.24, 2.45) is 0 Å². The average molecular weight is 281 g/mol. The molecule has 1 fully saturated rings. The molecule has 1 unspecified atom stereocenters. The highest BCUT2D eigenvalue weighted by molar-refractivity contribution is 5.40. The first-order valence-corrected chi connectivity index (χ1v) is 7.83. The fourth-order valence-corrected chi connectivity index (χ4v) is 2.67. The Morgan fingerprint density at radius 1 is 1.14 bits per heavy atom. The Kier molecular flexibility index (Phi) is 4.26. The van der Waals surface area contributed by atoms with Crippen LogP contribution in [0.5, 0.6) is 5.75 Å². The summed E-state index contributed by atoms with van der Waals surface area (Å²) in [5.41, 5.74) is 3.92. The van der Waals surface area contributed by atoms with Gasteiger partial charge in [0.05, 0.1) is 12.1 Å². The summed E-state index contributed by atoms with van der Waals surface area (Å²) in [4.78, 5) is 0. The monoisotopic (exact) mass is 281 g/mol. The average Bonchev–Trinajstić information content (AvgIpc) is 3.30. The van der Waals surface area contributed by atoms with Crippen LogP contribution in [0.15, 0.2) is 48.5 Å². The number of nitrogens with one attached hydrogen (secondary N) is 1. The van der Waals surface area contributed by atoms with Crippen molar-refractivity contribution in [1.29, 1.82) is 0 Å². The molecule has 1 N–H and O–H groups in total. The van der Waals surface area contributed by atoms with Gasteiger partial charge in [0.25, 0.3) is 0 Å². The van der Waals surface area contributed by atoms with Crippen LogP contribution in [0.1, 0.15) is 42.5 Å². The van der Waals surface area contributed by atoms with Crippen LogP contribution in [-0.2, 0) is 0 Å². The number of ether oxygens (including phenoxy) is 1. The highest BCUT2D eigenvalue weighted by Crippen LogP contribution is 2.30. The van der Waals surface area contributed by atoms with E-state index < -0.39 is 0 Å². The van der Waals surface area contributed by atoms with Crippen molar-refractivity contribution in [1.82, 2.24) is 5.32 Å². The van der Waals surface area contributed by atoms with Crippen LogP contribution < -0.4 is 10.1 Å². The minimum atomic E-state index is 0.221. The Labute approximate surface area is 127 Å². The standard InChI is InChI=1S/C19H23NO/c1-3-20-19(18-10-5-4-7-14(18)2)15-8-6-9-17(13-15)21-16-11-12-16/h4-10,13,16,19-20H,3,11-12H2,1-2H3. The van der Waals surface area contributed by atoms with Gasteiger partial charge in [0.1, 0.15) is 5.75 Å². The molecule has 0 aromatic heterocycles. The molecule has 0 aliphatic heterocycles. The van der Waals surface area contributed by atoms with E-state index >= 15 is 0 Å². The van der Waals surface area contributed by atoms with Gasteiger partial charge in [-0.1, -0.05) is 43.3 Å². The topological polar surface area (TPSA) is 21.3 Å². The number of hydrogen-bond donors (Lipinski definition) is 1. The molecular formula is C19H23NO. The summed E-state index contributed by atoms with van der Waals surface area (Å²) < 4.78 is 5.93. The highest BCUT2D eigenvalue weighted by Gasteiger charge is 2.24. The summed E-state index contributed by atoms with van der Waals surface area (Å²) in [7, 11) is 0. The summed E-state index contributed by atoms with van der Waals surface area (Å²) in [5.74, 6) is 0.992. The molecule has 1 atom stereocenters. The van der Waals surface area contributed by atoms with E-state index in [1.165, 1.54) is 29.5 Å². The summed E-state index contributed by atoms with van der Waals surface area (Å²) in [6, 6.07) is 17.3. The molecule has 2 nitrogen and oxygen atoms in total. The minimum absolute atomic E-state index is 0.221. The molecule has 1 aliphatic rings. The van der Waals surface area contributed by atoms with Gasteiger partial charge < -0.3 is 10.1 Å². The third-order valence-electron chi connectivity index (χ3n) is 3.93. The van der Waals surface area contributed by atoms with Crippen molar-refractivity contribution in [3.63, 3.8) is 0 Å². The van der Waals surface area contributed by atoms with Crippen LogP contribution in [-0.4, -0.2) is 12.6 Å². The molecule has 2 heteroatoms. The summed E-state index contributed by atoms with van der Waals surface area (Å²) in [5, 5.41) is 3.60. The lowest BCUT2D eigenvalue weighted by molar-refractivity contribution is 0.302. The minimum Gasteiger partial charge on any atom is -0.490 e. The number of rotatable bonds is 6. The molecule has 0 bridgehead atoms. The van der Waals surface area contributed by atoms with E-state index in [4.69, 9.17) is 4.74 Å². The normalized spacial score (nSPS) is 15.7. The van der Waals surface area contributed by atoms with E-state index in [0.29, 0.717) is 6.10 Å². The number of benzene rings is 2. The van der Waals surface area contributed by atoms with Gasteiger partial charge in [-0.2, -0.15) is 0 Å². The molecule has 2 aromatic carbocycles. The third-order valence-corrected chi connectivity index (χ3v) is 3.93. The quantitative estimate of drug-likeness (QED) is 0.855. The van der Waals surface area contributed by atoms with Gasteiger partial charge in [0, 0.05) is 0 Å². The maximum absolute atomic E-state index is 5.93. The molecular weight excluding hydrogens is 258 g/mol. The molecule has 0 saturated heterocycles. The lowest BCUT2D eigenvalue weighted by atomic mass is 9.95. The summed E-state index contributed by atoms with van der Waals surface area (Å²) in [6.07, 6.45) is 2.83. The fourth-order valence-electron chi connectivity index (χ4n) is 2.67. The molecule has 2 aromatic rings. The Balaban J connectivity index is 1.91. The predicted octanol–water partition coefficient (Wildman–Crippen LogP) is 4.24.